The third kappa shape index (κ3) is 3.37. The highest BCUT2D eigenvalue weighted by molar-refractivity contribution is 6.30. The minimum absolute atomic E-state index is 0.146. The fourth-order valence-electron chi connectivity index (χ4n) is 0.898. The molecule has 0 heterocycles. The molecular formula is C10H9Cl2F. The van der Waals surface area contributed by atoms with E-state index in [1.807, 2.05) is 12.2 Å². The zero-order valence-corrected chi connectivity index (χ0v) is 8.45. The average Bonchev–Trinajstić information content (AvgIpc) is 2.12. The summed E-state index contributed by atoms with van der Waals surface area (Å²) >= 11 is 11.1. The van der Waals surface area contributed by atoms with Crippen LogP contribution in [0.1, 0.15) is 12.0 Å². The number of allylic oxidation sites excluding steroid dienone is 1. The topological polar surface area (TPSA) is 0 Å². The number of benzene rings is 1. The van der Waals surface area contributed by atoms with Crippen LogP contribution < -0.4 is 0 Å². The summed E-state index contributed by atoms with van der Waals surface area (Å²) in [5, 5.41) is 0.146. The first-order valence-corrected chi connectivity index (χ1v) is 4.83. The van der Waals surface area contributed by atoms with Crippen LogP contribution in [0.15, 0.2) is 24.3 Å². The molecule has 0 aromatic heterocycles. The van der Waals surface area contributed by atoms with Gasteiger partial charge in [-0.05, 0) is 24.1 Å². The standard InChI is InChI=1S/C10H9Cl2F/c11-6-2-1-3-8-4-5-10(13)9(12)7-8/h1,3-5,7H,2,6H2. The summed E-state index contributed by atoms with van der Waals surface area (Å²) in [6.45, 7) is 0. The number of hydrogen-bond donors (Lipinski definition) is 0. The van der Waals surface area contributed by atoms with Gasteiger partial charge in [0.05, 0.1) is 5.02 Å². The summed E-state index contributed by atoms with van der Waals surface area (Å²) in [6, 6.07) is 4.61. The van der Waals surface area contributed by atoms with Gasteiger partial charge in [0.1, 0.15) is 5.82 Å². The molecule has 0 aliphatic carbocycles. The van der Waals surface area contributed by atoms with Crippen LogP contribution in [-0.2, 0) is 0 Å². The molecule has 0 fully saturated rings. The second kappa shape index (κ2) is 5.25. The van der Waals surface area contributed by atoms with Crippen molar-refractivity contribution in [3.05, 3.63) is 40.7 Å². The Labute approximate surface area is 87.0 Å². The summed E-state index contributed by atoms with van der Waals surface area (Å²) in [7, 11) is 0. The van der Waals surface area contributed by atoms with E-state index in [9.17, 15) is 4.39 Å². The molecule has 0 N–H and O–H groups in total. The van der Waals surface area contributed by atoms with Crippen molar-refractivity contribution >= 4 is 29.3 Å². The van der Waals surface area contributed by atoms with E-state index in [2.05, 4.69) is 0 Å². The maximum absolute atomic E-state index is 12.7. The molecule has 3 heteroatoms. The van der Waals surface area contributed by atoms with Crippen molar-refractivity contribution in [2.75, 3.05) is 5.88 Å². The maximum Gasteiger partial charge on any atom is 0.141 e. The highest BCUT2D eigenvalue weighted by Gasteiger charge is 1.97. The van der Waals surface area contributed by atoms with Crippen molar-refractivity contribution in [2.45, 2.75) is 6.42 Å². The van der Waals surface area contributed by atoms with Crippen molar-refractivity contribution in [1.29, 1.82) is 0 Å². The molecule has 1 rings (SSSR count). The van der Waals surface area contributed by atoms with Gasteiger partial charge in [0.25, 0.3) is 0 Å². The lowest BCUT2D eigenvalue weighted by Crippen LogP contribution is -1.78. The maximum atomic E-state index is 12.7. The van der Waals surface area contributed by atoms with Crippen molar-refractivity contribution in [3.8, 4) is 0 Å². The molecule has 0 bridgehead atoms. The first kappa shape index (κ1) is 10.6. The number of hydrogen-bond acceptors (Lipinski definition) is 0. The van der Waals surface area contributed by atoms with Gasteiger partial charge < -0.3 is 0 Å². The van der Waals surface area contributed by atoms with Crippen LogP contribution in [0.2, 0.25) is 5.02 Å². The van der Waals surface area contributed by atoms with Gasteiger partial charge in [-0.2, -0.15) is 0 Å². The first-order chi connectivity index (χ1) is 6.24. The molecule has 0 saturated carbocycles. The Hall–Kier alpha value is -0.530. The predicted molar refractivity (Wildman–Crippen MR) is 55.8 cm³/mol. The van der Waals surface area contributed by atoms with Gasteiger partial charge in [-0.1, -0.05) is 29.8 Å². The van der Waals surface area contributed by atoms with Crippen molar-refractivity contribution in [3.63, 3.8) is 0 Å². The third-order valence-electron chi connectivity index (χ3n) is 1.53. The number of halogens is 3. The second-order valence-electron chi connectivity index (χ2n) is 2.55. The summed E-state index contributed by atoms with van der Waals surface area (Å²) < 4.78 is 12.7. The summed E-state index contributed by atoms with van der Waals surface area (Å²) in [5.41, 5.74) is 0.886. The highest BCUT2D eigenvalue weighted by Crippen LogP contribution is 2.16. The molecule has 70 valence electrons. The van der Waals surface area contributed by atoms with Gasteiger partial charge >= 0.3 is 0 Å². The van der Waals surface area contributed by atoms with Gasteiger partial charge in [0, 0.05) is 5.88 Å². The van der Waals surface area contributed by atoms with E-state index < -0.39 is 5.82 Å². The molecule has 0 saturated heterocycles. The Bertz CT molecular complexity index is 308. The van der Waals surface area contributed by atoms with Gasteiger partial charge in [-0.25, -0.2) is 4.39 Å². The van der Waals surface area contributed by atoms with Crippen molar-refractivity contribution in [2.24, 2.45) is 0 Å². The molecule has 0 radical (unpaired) electrons. The minimum Gasteiger partial charge on any atom is -0.205 e. The lowest BCUT2D eigenvalue weighted by atomic mass is 10.2. The summed E-state index contributed by atoms with van der Waals surface area (Å²) in [4.78, 5) is 0. The quantitative estimate of drug-likeness (QED) is 0.670. The molecule has 1 aromatic rings. The average molecular weight is 219 g/mol. The Morgan fingerprint density at radius 2 is 2.15 bits per heavy atom. The van der Waals surface area contributed by atoms with Crippen molar-refractivity contribution in [1.82, 2.24) is 0 Å². The summed E-state index contributed by atoms with van der Waals surface area (Å²) in [6.07, 6.45) is 4.60. The van der Waals surface area contributed by atoms with Crippen LogP contribution in [0.25, 0.3) is 6.08 Å². The number of rotatable bonds is 3. The molecule has 1 aromatic carbocycles. The Morgan fingerprint density at radius 1 is 1.38 bits per heavy atom. The lowest BCUT2D eigenvalue weighted by molar-refractivity contribution is 0.628. The SMILES string of the molecule is Fc1ccc(C=CCCCl)cc1Cl. The largest absolute Gasteiger partial charge is 0.205 e. The number of alkyl halides is 1. The highest BCUT2D eigenvalue weighted by atomic mass is 35.5. The van der Waals surface area contributed by atoms with Crippen LogP contribution in [0.3, 0.4) is 0 Å². The molecular weight excluding hydrogens is 210 g/mol. The summed E-state index contributed by atoms with van der Waals surface area (Å²) in [5.74, 6) is 0.196. The van der Waals surface area contributed by atoms with E-state index in [4.69, 9.17) is 23.2 Å². The second-order valence-corrected chi connectivity index (χ2v) is 3.34. The van der Waals surface area contributed by atoms with E-state index in [0.717, 1.165) is 12.0 Å². The van der Waals surface area contributed by atoms with Gasteiger partial charge in [-0.3, -0.25) is 0 Å². The van der Waals surface area contributed by atoms with E-state index in [-0.39, 0.29) is 5.02 Å². The van der Waals surface area contributed by atoms with Crippen LogP contribution in [0, 0.1) is 5.82 Å². The van der Waals surface area contributed by atoms with Gasteiger partial charge in [-0.15, -0.1) is 11.6 Å². The Kier molecular flexibility index (Phi) is 4.26. The molecule has 0 aliphatic rings. The predicted octanol–water partition coefficient (Wildman–Crippen LogP) is 4.12. The van der Waals surface area contributed by atoms with Crippen LogP contribution in [0.5, 0.6) is 0 Å². The van der Waals surface area contributed by atoms with E-state index >= 15 is 0 Å². The Morgan fingerprint density at radius 3 is 2.77 bits per heavy atom. The van der Waals surface area contributed by atoms with Gasteiger partial charge in [0.2, 0.25) is 0 Å². The smallest absolute Gasteiger partial charge is 0.141 e. The molecule has 0 amide bonds. The van der Waals surface area contributed by atoms with Crippen LogP contribution >= 0.6 is 23.2 Å². The fourth-order valence-corrected chi connectivity index (χ4v) is 1.21. The lowest BCUT2D eigenvalue weighted by Gasteiger charge is -1.95. The van der Waals surface area contributed by atoms with Gasteiger partial charge in [0.15, 0.2) is 0 Å². The molecule has 0 unspecified atom stereocenters. The molecule has 0 spiro atoms. The molecule has 13 heavy (non-hydrogen) atoms. The monoisotopic (exact) mass is 218 g/mol. The zero-order chi connectivity index (χ0) is 9.68. The van der Waals surface area contributed by atoms with E-state index in [1.165, 1.54) is 6.07 Å². The van der Waals surface area contributed by atoms with E-state index in [0.29, 0.717) is 5.88 Å². The zero-order valence-electron chi connectivity index (χ0n) is 6.93. The Balaban J connectivity index is 2.73. The molecule has 0 atom stereocenters. The normalized spacial score (nSPS) is 11.0. The molecule has 0 aliphatic heterocycles. The van der Waals surface area contributed by atoms with Crippen LogP contribution in [-0.4, -0.2) is 5.88 Å². The fraction of sp³-hybridized carbons (Fsp3) is 0.200. The van der Waals surface area contributed by atoms with Crippen LogP contribution in [0.4, 0.5) is 4.39 Å². The third-order valence-corrected chi connectivity index (χ3v) is 2.04. The van der Waals surface area contributed by atoms with Crippen molar-refractivity contribution < 1.29 is 4.39 Å². The first-order valence-electron chi connectivity index (χ1n) is 3.91. The molecule has 0 nitrogen and oxygen atoms in total. The van der Waals surface area contributed by atoms with E-state index in [1.54, 1.807) is 12.1 Å². The minimum atomic E-state index is -0.392.